The highest BCUT2D eigenvalue weighted by atomic mass is 35.5. The lowest BCUT2D eigenvalue weighted by molar-refractivity contribution is -0.153. The Morgan fingerprint density at radius 3 is 2.46 bits per heavy atom. The zero-order valence-electron chi connectivity index (χ0n) is 16.2. The molecule has 0 aliphatic heterocycles. The van der Waals surface area contributed by atoms with Crippen molar-refractivity contribution in [3.05, 3.63) is 53.1 Å². The molecule has 2 aromatic carbocycles. The van der Waals surface area contributed by atoms with E-state index in [0.717, 1.165) is 11.3 Å². The van der Waals surface area contributed by atoms with E-state index < -0.39 is 18.0 Å². The predicted molar refractivity (Wildman–Crippen MR) is 108 cm³/mol. The summed E-state index contributed by atoms with van der Waals surface area (Å²) in [5.41, 5.74) is 1.46. The van der Waals surface area contributed by atoms with Crippen molar-refractivity contribution in [2.24, 2.45) is 0 Å². The molecule has 1 N–H and O–H groups in total. The number of carbonyl (C=O) groups is 2. The second-order valence-corrected chi connectivity index (χ2v) is 6.64. The van der Waals surface area contributed by atoms with E-state index in [-0.39, 0.29) is 6.42 Å². The number of hydrogen-bond acceptors (Lipinski definition) is 5. The van der Waals surface area contributed by atoms with Gasteiger partial charge in [-0.2, -0.15) is 0 Å². The minimum Gasteiger partial charge on any atom is -0.497 e. The average Bonchev–Trinajstić information content (AvgIpc) is 2.68. The molecule has 0 bridgehead atoms. The van der Waals surface area contributed by atoms with Gasteiger partial charge in [0.15, 0.2) is 6.10 Å². The van der Waals surface area contributed by atoms with Gasteiger partial charge in [0.05, 0.1) is 13.7 Å². The zero-order chi connectivity index (χ0) is 20.5. The van der Waals surface area contributed by atoms with Crippen LogP contribution in [0.1, 0.15) is 25.3 Å². The highest BCUT2D eigenvalue weighted by molar-refractivity contribution is 6.31. The molecule has 0 spiro atoms. The number of amides is 1. The van der Waals surface area contributed by atoms with Crippen molar-refractivity contribution in [2.45, 2.75) is 32.8 Å². The monoisotopic (exact) mass is 405 g/mol. The first-order valence-corrected chi connectivity index (χ1v) is 9.30. The van der Waals surface area contributed by atoms with Gasteiger partial charge in [-0.3, -0.25) is 9.59 Å². The van der Waals surface area contributed by atoms with Crippen molar-refractivity contribution in [2.75, 3.05) is 19.0 Å². The van der Waals surface area contributed by atoms with Gasteiger partial charge in [-0.05, 0) is 62.2 Å². The van der Waals surface area contributed by atoms with E-state index in [1.165, 1.54) is 6.92 Å². The van der Waals surface area contributed by atoms with Gasteiger partial charge in [-0.1, -0.05) is 17.7 Å². The molecule has 2 aromatic rings. The molecule has 28 heavy (non-hydrogen) atoms. The van der Waals surface area contributed by atoms with Gasteiger partial charge < -0.3 is 19.5 Å². The number of esters is 1. The van der Waals surface area contributed by atoms with Gasteiger partial charge in [0.1, 0.15) is 11.5 Å². The van der Waals surface area contributed by atoms with Gasteiger partial charge in [0.2, 0.25) is 0 Å². The van der Waals surface area contributed by atoms with Gasteiger partial charge in [-0.15, -0.1) is 0 Å². The molecule has 150 valence electrons. The molecule has 0 unspecified atom stereocenters. The Morgan fingerprint density at radius 2 is 1.79 bits per heavy atom. The van der Waals surface area contributed by atoms with Crippen LogP contribution in [-0.4, -0.2) is 31.7 Å². The normalized spacial score (nSPS) is 11.4. The molecule has 0 aliphatic rings. The predicted octanol–water partition coefficient (Wildman–Crippen LogP) is 4.39. The Hall–Kier alpha value is -2.73. The van der Waals surface area contributed by atoms with E-state index in [9.17, 15) is 9.59 Å². The van der Waals surface area contributed by atoms with Gasteiger partial charge in [-0.25, -0.2) is 0 Å². The Kier molecular flexibility index (Phi) is 8.14. The molecule has 0 saturated carbocycles. The van der Waals surface area contributed by atoms with E-state index in [4.69, 9.17) is 25.8 Å². The van der Waals surface area contributed by atoms with Crippen molar-refractivity contribution < 1.29 is 23.8 Å². The third-order valence-electron chi connectivity index (χ3n) is 3.99. The van der Waals surface area contributed by atoms with Crippen molar-refractivity contribution in [1.29, 1.82) is 0 Å². The van der Waals surface area contributed by atoms with E-state index in [1.807, 2.05) is 6.92 Å². The van der Waals surface area contributed by atoms with Crippen LogP contribution in [-0.2, 0) is 14.3 Å². The number of aryl methyl sites for hydroxylation is 1. The number of methoxy groups -OCH3 is 1. The topological polar surface area (TPSA) is 73.9 Å². The van der Waals surface area contributed by atoms with E-state index in [0.29, 0.717) is 29.5 Å². The van der Waals surface area contributed by atoms with Crippen LogP contribution in [0.25, 0.3) is 0 Å². The van der Waals surface area contributed by atoms with Crippen LogP contribution >= 0.6 is 11.6 Å². The molecule has 6 nitrogen and oxygen atoms in total. The summed E-state index contributed by atoms with van der Waals surface area (Å²) in [7, 11) is 1.60. The molecular weight excluding hydrogens is 382 g/mol. The molecule has 1 atom stereocenters. The highest BCUT2D eigenvalue weighted by Gasteiger charge is 2.18. The SMILES string of the molecule is COc1ccc(OCCCC(=O)O[C@H](C)C(=O)Nc2cc(Cl)ccc2C)cc1. The number of ether oxygens (including phenoxy) is 3. The van der Waals surface area contributed by atoms with Crippen LogP contribution in [0.15, 0.2) is 42.5 Å². The lowest BCUT2D eigenvalue weighted by atomic mass is 10.2. The summed E-state index contributed by atoms with van der Waals surface area (Å²) in [6.07, 6.45) is -0.273. The second kappa shape index (κ2) is 10.6. The number of anilines is 1. The molecular formula is C21H24ClNO5. The standard InChI is InChI=1S/C21H24ClNO5/c1-14-6-7-16(22)13-19(14)23-21(25)15(2)28-20(24)5-4-12-27-18-10-8-17(26-3)9-11-18/h6-11,13,15H,4-5,12H2,1-3H3,(H,23,25)/t15-/m1/s1. The second-order valence-electron chi connectivity index (χ2n) is 6.21. The maximum atomic E-state index is 12.2. The molecule has 1 amide bonds. The lowest BCUT2D eigenvalue weighted by Crippen LogP contribution is -2.30. The van der Waals surface area contributed by atoms with Crippen molar-refractivity contribution in [1.82, 2.24) is 0 Å². The largest absolute Gasteiger partial charge is 0.497 e. The minimum absolute atomic E-state index is 0.157. The summed E-state index contributed by atoms with van der Waals surface area (Å²) >= 11 is 5.94. The van der Waals surface area contributed by atoms with Gasteiger partial charge in [0, 0.05) is 17.1 Å². The van der Waals surface area contributed by atoms with Crippen LogP contribution in [0, 0.1) is 6.92 Å². The van der Waals surface area contributed by atoms with Gasteiger partial charge >= 0.3 is 5.97 Å². The number of hydrogen-bond donors (Lipinski definition) is 1. The van der Waals surface area contributed by atoms with E-state index >= 15 is 0 Å². The number of nitrogens with one attached hydrogen (secondary N) is 1. The smallest absolute Gasteiger partial charge is 0.306 e. The molecule has 0 radical (unpaired) electrons. The minimum atomic E-state index is -0.909. The van der Waals surface area contributed by atoms with Crippen LogP contribution in [0.5, 0.6) is 11.5 Å². The summed E-state index contributed by atoms with van der Waals surface area (Å²) in [5.74, 6) is 0.576. The fourth-order valence-electron chi connectivity index (χ4n) is 2.35. The Bertz CT molecular complexity index is 807. The molecule has 7 heteroatoms. The first-order valence-electron chi connectivity index (χ1n) is 8.92. The van der Waals surface area contributed by atoms with Crippen molar-refractivity contribution in [3.8, 4) is 11.5 Å². The fraction of sp³-hybridized carbons (Fsp3) is 0.333. The zero-order valence-corrected chi connectivity index (χ0v) is 16.9. The lowest BCUT2D eigenvalue weighted by Gasteiger charge is -2.15. The van der Waals surface area contributed by atoms with E-state index in [2.05, 4.69) is 5.32 Å². The summed E-state index contributed by atoms with van der Waals surface area (Å²) < 4.78 is 15.8. The summed E-state index contributed by atoms with van der Waals surface area (Å²) in [6.45, 7) is 3.75. The molecule has 0 aliphatic carbocycles. The first-order chi connectivity index (χ1) is 13.4. The molecule has 0 heterocycles. The molecule has 0 fully saturated rings. The van der Waals surface area contributed by atoms with Crippen LogP contribution in [0.2, 0.25) is 5.02 Å². The third-order valence-corrected chi connectivity index (χ3v) is 4.22. The Morgan fingerprint density at radius 1 is 1.11 bits per heavy atom. The number of halogens is 1. The first kappa shape index (κ1) is 21.6. The number of rotatable bonds is 9. The maximum Gasteiger partial charge on any atom is 0.306 e. The Labute approximate surface area is 169 Å². The quantitative estimate of drug-likeness (QED) is 0.494. The summed E-state index contributed by atoms with van der Waals surface area (Å²) in [5, 5.41) is 3.23. The van der Waals surface area contributed by atoms with Crippen LogP contribution in [0.4, 0.5) is 5.69 Å². The maximum absolute atomic E-state index is 12.2. The summed E-state index contributed by atoms with van der Waals surface area (Å²) in [4.78, 5) is 24.1. The number of carbonyl (C=O) groups excluding carboxylic acids is 2. The van der Waals surface area contributed by atoms with Crippen molar-refractivity contribution >= 4 is 29.2 Å². The average molecular weight is 406 g/mol. The van der Waals surface area contributed by atoms with Crippen LogP contribution in [0.3, 0.4) is 0 Å². The summed E-state index contributed by atoms with van der Waals surface area (Å²) in [6, 6.07) is 12.4. The van der Waals surface area contributed by atoms with Crippen LogP contribution < -0.4 is 14.8 Å². The van der Waals surface area contributed by atoms with Gasteiger partial charge in [0.25, 0.3) is 5.91 Å². The molecule has 0 saturated heterocycles. The molecule has 2 rings (SSSR count). The Balaban J connectivity index is 1.71. The number of benzene rings is 2. The third kappa shape index (κ3) is 6.78. The highest BCUT2D eigenvalue weighted by Crippen LogP contribution is 2.20. The fourth-order valence-corrected chi connectivity index (χ4v) is 2.52. The van der Waals surface area contributed by atoms with E-state index in [1.54, 1.807) is 49.6 Å². The van der Waals surface area contributed by atoms with Crippen molar-refractivity contribution in [3.63, 3.8) is 0 Å². The molecule has 0 aromatic heterocycles.